The topological polar surface area (TPSA) is 53.0 Å². The van der Waals surface area contributed by atoms with Gasteiger partial charge >= 0.3 is 0 Å². The number of likely N-dealkylation sites (tertiary alicyclic amines) is 2. The molecule has 0 aromatic heterocycles. The summed E-state index contributed by atoms with van der Waals surface area (Å²) in [6.07, 6.45) is 7.38. The molecule has 28 heavy (non-hydrogen) atoms. The van der Waals surface area contributed by atoms with Crippen LogP contribution in [0.25, 0.3) is 0 Å². The third kappa shape index (κ3) is 4.03. The quantitative estimate of drug-likeness (QED) is 0.813. The fourth-order valence-electron chi connectivity index (χ4n) is 5.33. The fraction of sp³-hybridized carbons (Fsp3) is 0.682. The highest BCUT2D eigenvalue weighted by atomic mass is 35.5. The Balaban J connectivity index is 1.38. The van der Waals surface area contributed by atoms with Gasteiger partial charge in [0, 0.05) is 24.2 Å². The van der Waals surface area contributed by atoms with Crippen LogP contribution in [0.2, 0.25) is 5.02 Å². The molecular weight excluding hydrogens is 376 g/mol. The molecule has 2 heterocycles. The van der Waals surface area contributed by atoms with Crippen molar-refractivity contribution in [3.05, 3.63) is 29.3 Å². The van der Waals surface area contributed by atoms with Crippen molar-refractivity contribution in [2.75, 3.05) is 26.2 Å². The highest BCUT2D eigenvalue weighted by Crippen LogP contribution is 2.40. The number of hydrogen-bond donors (Lipinski definition) is 1. The highest BCUT2D eigenvalue weighted by Gasteiger charge is 2.51. The number of aliphatic hydroxyl groups is 1. The van der Waals surface area contributed by atoms with Gasteiger partial charge in [-0.3, -0.25) is 9.69 Å². The van der Waals surface area contributed by atoms with Crippen molar-refractivity contribution in [1.29, 1.82) is 0 Å². The molecule has 6 heteroatoms. The van der Waals surface area contributed by atoms with Crippen LogP contribution in [0.5, 0.6) is 5.75 Å². The van der Waals surface area contributed by atoms with E-state index in [9.17, 15) is 9.90 Å². The van der Waals surface area contributed by atoms with Crippen LogP contribution in [0, 0.1) is 0 Å². The van der Waals surface area contributed by atoms with Crippen LogP contribution < -0.4 is 4.74 Å². The first-order chi connectivity index (χ1) is 13.6. The lowest BCUT2D eigenvalue weighted by Gasteiger charge is -2.48. The molecule has 154 valence electrons. The van der Waals surface area contributed by atoms with Gasteiger partial charge in [0.05, 0.1) is 6.10 Å². The van der Waals surface area contributed by atoms with Crippen molar-refractivity contribution in [1.82, 2.24) is 9.80 Å². The second-order valence-electron chi connectivity index (χ2n) is 8.49. The minimum absolute atomic E-state index is 0.182. The first kappa shape index (κ1) is 20.0. The van der Waals surface area contributed by atoms with Crippen LogP contribution in [0.15, 0.2) is 24.3 Å². The van der Waals surface area contributed by atoms with Gasteiger partial charge in [-0.15, -0.1) is 0 Å². The third-order valence-electron chi connectivity index (χ3n) is 6.82. The van der Waals surface area contributed by atoms with E-state index in [1.54, 1.807) is 0 Å². The molecule has 1 N–H and O–H groups in total. The maximum Gasteiger partial charge on any atom is 0.243 e. The van der Waals surface area contributed by atoms with Crippen molar-refractivity contribution in [2.45, 2.75) is 69.1 Å². The van der Waals surface area contributed by atoms with E-state index in [0.29, 0.717) is 23.6 Å². The number of rotatable bonds is 5. The van der Waals surface area contributed by atoms with E-state index < -0.39 is 0 Å². The number of amides is 1. The summed E-state index contributed by atoms with van der Waals surface area (Å²) in [6, 6.07) is 7.73. The first-order valence-corrected chi connectivity index (χ1v) is 11.1. The second kappa shape index (κ2) is 8.60. The van der Waals surface area contributed by atoms with Crippen LogP contribution in [-0.4, -0.2) is 64.7 Å². The van der Waals surface area contributed by atoms with E-state index in [4.69, 9.17) is 16.3 Å². The van der Waals surface area contributed by atoms with Gasteiger partial charge in [0.15, 0.2) is 0 Å². The average molecular weight is 407 g/mol. The van der Waals surface area contributed by atoms with Gasteiger partial charge in [-0.05, 0) is 82.2 Å². The number of benzene rings is 1. The first-order valence-electron chi connectivity index (χ1n) is 10.7. The number of nitrogens with zero attached hydrogens (tertiary/aromatic N) is 2. The Morgan fingerprint density at radius 2 is 1.75 bits per heavy atom. The molecule has 1 aromatic rings. The maximum atomic E-state index is 13.6. The lowest BCUT2D eigenvalue weighted by molar-refractivity contribution is -0.151. The molecule has 0 bridgehead atoms. The van der Waals surface area contributed by atoms with Crippen LogP contribution in [0.3, 0.4) is 0 Å². The summed E-state index contributed by atoms with van der Waals surface area (Å²) in [4.78, 5) is 18.1. The van der Waals surface area contributed by atoms with E-state index >= 15 is 0 Å². The molecule has 1 aromatic carbocycles. The van der Waals surface area contributed by atoms with Gasteiger partial charge in [-0.2, -0.15) is 0 Å². The van der Waals surface area contributed by atoms with E-state index in [2.05, 4.69) is 9.80 Å². The van der Waals surface area contributed by atoms with Gasteiger partial charge in [-0.25, -0.2) is 0 Å². The molecule has 1 aliphatic carbocycles. The third-order valence-corrected chi connectivity index (χ3v) is 7.07. The fourth-order valence-corrected chi connectivity index (χ4v) is 5.45. The zero-order valence-corrected chi connectivity index (χ0v) is 17.2. The molecule has 1 saturated carbocycles. The SMILES string of the molecule is O=C1N(C2CCC(O)CC2)CCCC12CCCN2CCOc1ccc(Cl)cc1. The van der Waals surface area contributed by atoms with Crippen molar-refractivity contribution >= 4 is 17.5 Å². The van der Waals surface area contributed by atoms with Crippen molar-refractivity contribution in [3.63, 3.8) is 0 Å². The van der Waals surface area contributed by atoms with Crippen molar-refractivity contribution < 1.29 is 14.6 Å². The number of aliphatic hydroxyl groups excluding tert-OH is 1. The van der Waals surface area contributed by atoms with Gasteiger partial charge < -0.3 is 14.7 Å². The minimum Gasteiger partial charge on any atom is -0.492 e. The number of carbonyl (C=O) groups excluding carboxylic acids is 1. The highest BCUT2D eigenvalue weighted by molar-refractivity contribution is 6.30. The molecule has 0 radical (unpaired) electrons. The summed E-state index contributed by atoms with van der Waals surface area (Å²) < 4.78 is 5.89. The summed E-state index contributed by atoms with van der Waals surface area (Å²) in [5, 5.41) is 10.5. The molecule has 2 aliphatic heterocycles. The predicted octanol–water partition coefficient (Wildman–Crippen LogP) is 3.48. The van der Waals surface area contributed by atoms with Gasteiger partial charge in [0.1, 0.15) is 17.9 Å². The zero-order valence-electron chi connectivity index (χ0n) is 16.5. The Hall–Kier alpha value is -1.30. The zero-order chi connectivity index (χ0) is 19.6. The van der Waals surface area contributed by atoms with Gasteiger partial charge in [0.25, 0.3) is 0 Å². The maximum absolute atomic E-state index is 13.6. The second-order valence-corrected chi connectivity index (χ2v) is 8.93. The molecule has 1 atom stereocenters. The van der Waals surface area contributed by atoms with E-state index in [1.807, 2.05) is 24.3 Å². The number of hydrogen-bond acceptors (Lipinski definition) is 4. The molecule has 1 unspecified atom stereocenters. The summed E-state index contributed by atoms with van der Waals surface area (Å²) in [5.41, 5.74) is -0.336. The molecule has 5 nitrogen and oxygen atoms in total. The summed E-state index contributed by atoms with van der Waals surface area (Å²) in [7, 11) is 0. The molecule has 2 saturated heterocycles. The Bertz CT molecular complexity index is 675. The molecule has 1 spiro atoms. The Morgan fingerprint density at radius 1 is 1.07 bits per heavy atom. The number of carbonyl (C=O) groups is 1. The predicted molar refractivity (Wildman–Crippen MR) is 110 cm³/mol. The van der Waals surface area contributed by atoms with E-state index in [1.165, 1.54) is 0 Å². The minimum atomic E-state index is -0.336. The Kier molecular flexibility index (Phi) is 6.14. The van der Waals surface area contributed by atoms with Crippen LogP contribution in [-0.2, 0) is 4.79 Å². The summed E-state index contributed by atoms with van der Waals surface area (Å²) >= 11 is 5.93. The van der Waals surface area contributed by atoms with Crippen molar-refractivity contribution in [3.8, 4) is 5.75 Å². The summed E-state index contributed by atoms with van der Waals surface area (Å²) in [5.74, 6) is 1.14. The summed E-state index contributed by atoms with van der Waals surface area (Å²) in [6.45, 7) is 3.18. The molecule has 3 fully saturated rings. The monoisotopic (exact) mass is 406 g/mol. The van der Waals surface area contributed by atoms with Crippen LogP contribution in [0.4, 0.5) is 0 Å². The molecular formula is C22H31ClN2O3. The smallest absolute Gasteiger partial charge is 0.243 e. The van der Waals surface area contributed by atoms with Gasteiger partial charge in [-0.1, -0.05) is 11.6 Å². The molecule has 3 aliphatic rings. The lowest BCUT2D eigenvalue weighted by Crippen LogP contribution is -2.62. The van der Waals surface area contributed by atoms with Gasteiger partial charge in [0.2, 0.25) is 5.91 Å². The van der Waals surface area contributed by atoms with Crippen LogP contribution >= 0.6 is 11.6 Å². The molecule has 4 rings (SSSR count). The molecule has 1 amide bonds. The van der Waals surface area contributed by atoms with E-state index in [-0.39, 0.29) is 11.6 Å². The van der Waals surface area contributed by atoms with E-state index in [0.717, 1.165) is 76.8 Å². The Morgan fingerprint density at radius 3 is 2.46 bits per heavy atom. The number of halogens is 1. The largest absolute Gasteiger partial charge is 0.492 e. The normalized spacial score (nSPS) is 31.5. The number of piperidine rings is 1. The van der Waals surface area contributed by atoms with Crippen LogP contribution in [0.1, 0.15) is 51.4 Å². The van der Waals surface area contributed by atoms with Crippen molar-refractivity contribution in [2.24, 2.45) is 0 Å². The average Bonchev–Trinajstić information content (AvgIpc) is 3.10. The number of ether oxygens (including phenoxy) is 1. The lowest BCUT2D eigenvalue weighted by atomic mass is 9.82. The Labute approximate surface area is 172 Å². The standard InChI is InChI=1S/C22H31ClN2O3/c23-17-3-9-20(10-4-17)28-16-15-24-13-1-11-22(24)12-2-14-25(21(22)27)18-5-7-19(26)8-6-18/h3-4,9-10,18-19,26H,1-2,5-8,11-16H2.